The summed E-state index contributed by atoms with van der Waals surface area (Å²) in [6.45, 7) is 4.66. The molecule has 0 amide bonds. The van der Waals surface area contributed by atoms with Gasteiger partial charge in [0.05, 0.1) is 11.5 Å². The Bertz CT molecular complexity index is 437. The first-order chi connectivity index (χ1) is 12.7. The lowest BCUT2D eigenvalue weighted by Crippen LogP contribution is -2.37. The maximum atomic E-state index is 10.1. The SMILES string of the molecule is CCCCC1CCC(C2CCC(C#N)(C3CCC(CC)CC3)CC2)CC1. The minimum Gasteiger partial charge on any atom is -0.198 e. The number of hydrogen-bond donors (Lipinski definition) is 0. The number of nitrogens with zero attached hydrogens (tertiary/aromatic N) is 1. The van der Waals surface area contributed by atoms with Gasteiger partial charge >= 0.3 is 0 Å². The minimum absolute atomic E-state index is 0.0491. The zero-order valence-electron chi connectivity index (χ0n) is 17.6. The predicted molar refractivity (Wildman–Crippen MR) is 111 cm³/mol. The molecule has 0 spiro atoms. The van der Waals surface area contributed by atoms with Crippen LogP contribution in [0.4, 0.5) is 0 Å². The van der Waals surface area contributed by atoms with Gasteiger partial charge in [-0.3, -0.25) is 0 Å². The van der Waals surface area contributed by atoms with Gasteiger partial charge in [-0.15, -0.1) is 0 Å². The maximum Gasteiger partial charge on any atom is 0.0692 e. The third-order valence-corrected chi connectivity index (χ3v) is 8.87. The van der Waals surface area contributed by atoms with Gasteiger partial charge in [-0.2, -0.15) is 5.26 Å². The Morgan fingerprint density at radius 2 is 1.35 bits per heavy atom. The molecule has 3 aliphatic carbocycles. The van der Waals surface area contributed by atoms with E-state index in [0.717, 1.165) is 23.7 Å². The van der Waals surface area contributed by atoms with E-state index in [0.29, 0.717) is 5.92 Å². The smallest absolute Gasteiger partial charge is 0.0692 e. The van der Waals surface area contributed by atoms with Gasteiger partial charge in [-0.25, -0.2) is 0 Å². The summed E-state index contributed by atoms with van der Waals surface area (Å²) in [5, 5.41) is 10.1. The van der Waals surface area contributed by atoms with Crippen LogP contribution in [0.5, 0.6) is 0 Å². The highest BCUT2D eigenvalue weighted by molar-refractivity contribution is 5.06. The van der Waals surface area contributed by atoms with Gasteiger partial charge in [-0.05, 0) is 81.0 Å². The quantitative estimate of drug-likeness (QED) is 0.474. The van der Waals surface area contributed by atoms with Crippen molar-refractivity contribution in [3.63, 3.8) is 0 Å². The molecular weight excluding hydrogens is 314 g/mol. The Kier molecular flexibility index (Phi) is 7.48. The first-order valence-electron chi connectivity index (χ1n) is 12.1. The molecule has 0 aliphatic heterocycles. The maximum absolute atomic E-state index is 10.1. The average molecular weight is 358 g/mol. The molecule has 0 saturated heterocycles. The van der Waals surface area contributed by atoms with Crippen LogP contribution in [-0.2, 0) is 0 Å². The van der Waals surface area contributed by atoms with Crippen molar-refractivity contribution in [1.82, 2.24) is 0 Å². The molecule has 3 fully saturated rings. The molecule has 0 N–H and O–H groups in total. The Morgan fingerprint density at radius 3 is 1.88 bits per heavy atom. The normalized spacial score (nSPS) is 41.5. The molecule has 0 aromatic heterocycles. The summed E-state index contributed by atoms with van der Waals surface area (Å²) in [4.78, 5) is 0. The van der Waals surface area contributed by atoms with Crippen molar-refractivity contribution >= 4 is 0 Å². The molecule has 0 atom stereocenters. The van der Waals surface area contributed by atoms with Crippen molar-refractivity contribution in [1.29, 1.82) is 5.26 Å². The molecule has 0 bridgehead atoms. The van der Waals surface area contributed by atoms with E-state index in [1.54, 1.807) is 0 Å². The van der Waals surface area contributed by atoms with Crippen LogP contribution in [0.3, 0.4) is 0 Å². The summed E-state index contributed by atoms with van der Waals surface area (Å²) in [6.07, 6.45) is 22.1. The van der Waals surface area contributed by atoms with Crippen molar-refractivity contribution in [2.24, 2.45) is 35.0 Å². The van der Waals surface area contributed by atoms with E-state index < -0.39 is 0 Å². The Balaban J connectivity index is 1.47. The Labute approximate surface area is 163 Å². The van der Waals surface area contributed by atoms with Gasteiger partial charge in [0, 0.05) is 0 Å². The van der Waals surface area contributed by atoms with E-state index in [1.807, 2.05) is 0 Å². The highest BCUT2D eigenvalue weighted by Gasteiger charge is 2.44. The highest BCUT2D eigenvalue weighted by Crippen LogP contribution is 2.52. The van der Waals surface area contributed by atoms with Gasteiger partial charge in [0.2, 0.25) is 0 Å². The predicted octanol–water partition coefficient (Wildman–Crippen LogP) is 7.90. The molecule has 148 valence electrons. The van der Waals surface area contributed by atoms with E-state index in [2.05, 4.69) is 19.9 Å². The zero-order valence-corrected chi connectivity index (χ0v) is 17.6. The standard InChI is InChI=1S/C25H43N/c1-3-5-6-21-7-11-22(12-8-21)23-15-17-25(19-26,18-16-23)24-13-9-20(4-2)10-14-24/h20-24H,3-18H2,1-2H3. The van der Waals surface area contributed by atoms with Gasteiger partial charge in [-0.1, -0.05) is 65.2 Å². The van der Waals surface area contributed by atoms with E-state index in [-0.39, 0.29) is 5.41 Å². The summed E-state index contributed by atoms with van der Waals surface area (Å²) in [5.41, 5.74) is 0.0491. The average Bonchev–Trinajstić information content (AvgIpc) is 2.73. The van der Waals surface area contributed by atoms with E-state index in [4.69, 9.17) is 0 Å². The van der Waals surface area contributed by atoms with Gasteiger partial charge < -0.3 is 0 Å². The van der Waals surface area contributed by atoms with Crippen molar-refractivity contribution in [2.75, 3.05) is 0 Å². The fourth-order valence-electron chi connectivity index (χ4n) is 6.80. The number of nitriles is 1. The third kappa shape index (κ3) is 4.66. The molecule has 3 saturated carbocycles. The van der Waals surface area contributed by atoms with Crippen molar-refractivity contribution < 1.29 is 0 Å². The molecule has 0 radical (unpaired) electrons. The van der Waals surface area contributed by atoms with E-state index >= 15 is 0 Å². The van der Waals surface area contributed by atoms with Crippen LogP contribution in [0.25, 0.3) is 0 Å². The van der Waals surface area contributed by atoms with Crippen LogP contribution < -0.4 is 0 Å². The minimum atomic E-state index is 0.0491. The van der Waals surface area contributed by atoms with Crippen LogP contribution >= 0.6 is 0 Å². The second-order valence-electron chi connectivity index (χ2n) is 10.2. The summed E-state index contributed by atoms with van der Waals surface area (Å²) in [7, 11) is 0. The molecule has 3 aliphatic rings. The highest BCUT2D eigenvalue weighted by atomic mass is 14.5. The lowest BCUT2D eigenvalue weighted by molar-refractivity contribution is 0.0608. The number of unbranched alkanes of at least 4 members (excludes halogenated alkanes) is 1. The van der Waals surface area contributed by atoms with Crippen molar-refractivity contribution in [3.8, 4) is 6.07 Å². The van der Waals surface area contributed by atoms with Crippen molar-refractivity contribution in [2.45, 2.75) is 117 Å². The van der Waals surface area contributed by atoms with Crippen LogP contribution in [0.15, 0.2) is 0 Å². The fourth-order valence-corrected chi connectivity index (χ4v) is 6.80. The molecule has 26 heavy (non-hydrogen) atoms. The summed E-state index contributed by atoms with van der Waals surface area (Å²) < 4.78 is 0. The molecule has 0 aromatic rings. The van der Waals surface area contributed by atoms with Crippen LogP contribution in [-0.4, -0.2) is 0 Å². The topological polar surface area (TPSA) is 23.8 Å². The molecule has 0 aromatic carbocycles. The van der Waals surface area contributed by atoms with Crippen LogP contribution in [0, 0.1) is 46.3 Å². The third-order valence-electron chi connectivity index (χ3n) is 8.87. The monoisotopic (exact) mass is 357 g/mol. The Morgan fingerprint density at radius 1 is 0.769 bits per heavy atom. The molecule has 1 heteroatoms. The second-order valence-corrected chi connectivity index (χ2v) is 10.2. The zero-order chi connectivity index (χ0) is 18.4. The second kappa shape index (κ2) is 9.61. The largest absolute Gasteiger partial charge is 0.198 e. The van der Waals surface area contributed by atoms with Gasteiger partial charge in [0.25, 0.3) is 0 Å². The van der Waals surface area contributed by atoms with Crippen LogP contribution in [0.1, 0.15) is 117 Å². The molecule has 1 nitrogen and oxygen atoms in total. The van der Waals surface area contributed by atoms with Gasteiger partial charge in [0.1, 0.15) is 0 Å². The lowest BCUT2D eigenvalue weighted by Gasteiger charge is -2.45. The number of rotatable bonds is 6. The lowest BCUT2D eigenvalue weighted by atomic mass is 9.58. The Hall–Kier alpha value is -0.510. The molecular formula is C25H43N. The molecule has 0 unspecified atom stereocenters. The van der Waals surface area contributed by atoms with Crippen LogP contribution in [0.2, 0.25) is 0 Å². The first-order valence-corrected chi connectivity index (χ1v) is 12.1. The fraction of sp³-hybridized carbons (Fsp3) is 0.960. The van der Waals surface area contributed by atoms with E-state index in [9.17, 15) is 5.26 Å². The van der Waals surface area contributed by atoms with E-state index in [1.165, 1.54) is 103 Å². The summed E-state index contributed by atoms with van der Waals surface area (Å²) in [5.74, 6) is 4.61. The molecule has 0 heterocycles. The summed E-state index contributed by atoms with van der Waals surface area (Å²) >= 11 is 0. The van der Waals surface area contributed by atoms with Gasteiger partial charge in [0.15, 0.2) is 0 Å². The van der Waals surface area contributed by atoms with Crippen molar-refractivity contribution in [3.05, 3.63) is 0 Å². The summed E-state index contributed by atoms with van der Waals surface area (Å²) in [6, 6.07) is 2.87. The number of hydrogen-bond acceptors (Lipinski definition) is 1. The first kappa shape index (κ1) is 20.2. The molecule has 3 rings (SSSR count).